The van der Waals surface area contributed by atoms with Gasteiger partial charge in [-0.15, -0.1) is 0 Å². The molecule has 0 aliphatic carbocycles. The van der Waals surface area contributed by atoms with E-state index < -0.39 is 0 Å². The lowest BCUT2D eigenvalue weighted by molar-refractivity contribution is 0.0366. The summed E-state index contributed by atoms with van der Waals surface area (Å²) in [6.45, 7) is 1.93. The fourth-order valence-electron chi connectivity index (χ4n) is 2.34. The molecule has 0 radical (unpaired) electrons. The van der Waals surface area contributed by atoms with Gasteiger partial charge in [0.1, 0.15) is 5.75 Å². The fourth-order valence-corrected chi connectivity index (χ4v) is 2.34. The molecule has 3 nitrogen and oxygen atoms in total. The molecule has 1 aliphatic rings. The number of phenols is 1. The van der Waals surface area contributed by atoms with Crippen LogP contribution in [0.3, 0.4) is 0 Å². The van der Waals surface area contributed by atoms with Crippen LogP contribution in [-0.4, -0.2) is 41.4 Å². The summed E-state index contributed by atoms with van der Waals surface area (Å²) in [5.41, 5.74) is 1.18. The largest absolute Gasteiger partial charge is 0.508 e. The van der Waals surface area contributed by atoms with Crippen LogP contribution in [0, 0.1) is 5.92 Å². The monoisotopic (exact) mass is 221 g/mol. The van der Waals surface area contributed by atoms with Crippen molar-refractivity contribution in [1.82, 2.24) is 4.90 Å². The lowest BCUT2D eigenvalue weighted by Crippen LogP contribution is -2.41. The molecule has 16 heavy (non-hydrogen) atoms. The molecule has 1 aromatic rings. The van der Waals surface area contributed by atoms with E-state index in [0.29, 0.717) is 11.7 Å². The summed E-state index contributed by atoms with van der Waals surface area (Å²) in [6, 6.07) is 7.26. The summed E-state index contributed by atoms with van der Waals surface area (Å²) in [7, 11) is 2.09. The molecular weight excluding hydrogens is 202 g/mol. The zero-order valence-corrected chi connectivity index (χ0v) is 9.63. The average Bonchev–Trinajstić information content (AvgIpc) is 2.27. The molecule has 0 aromatic heterocycles. The number of piperidine rings is 1. The molecule has 0 saturated carbocycles. The minimum absolute atomic E-state index is 0.190. The maximum atomic E-state index is 9.93. The molecule has 0 spiro atoms. The Morgan fingerprint density at radius 1 is 1.31 bits per heavy atom. The lowest BCUT2D eigenvalue weighted by atomic mass is 9.89. The standard InChI is InChI=1S/C13H19NO2/c1-14-7-6-13(16)11(9-14)8-10-2-4-12(15)5-3-10/h2-5,11,13,15-16H,6-9H2,1H3. The zero-order chi connectivity index (χ0) is 11.5. The van der Waals surface area contributed by atoms with Crippen molar-refractivity contribution in [3.8, 4) is 5.75 Å². The van der Waals surface area contributed by atoms with Gasteiger partial charge in [0.15, 0.2) is 0 Å². The van der Waals surface area contributed by atoms with E-state index in [0.717, 1.165) is 25.9 Å². The molecule has 1 fully saturated rings. The molecule has 88 valence electrons. The van der Waals surface area contributed by atoms with Gasteiger partial charge in [0.05, 0.1) is 6.10 Å². The minimum Gasteiger partial charge on any atom is -0.508 e. The highest BCUT2D eigenvalue weighted by atomic mass is 16.3. The van der Waals surface area contributed by atoms with Crippen molar-refractivity contribution in [2.45, 2.75) is 18.9 Å². The van der Waals surface area contributed by atoms with Crippen molar-refractivity contribution < 1.29 is 10.2 Å². The molecule has 1 aliphatic heterocycles. The summed E-state index contributed by atoms with van der Waals surface area (Å²) in [4.78, 5) is 2.26. The number of phenolic OH excluding ortho intramolecular Hbond substituents is 1. The van der Waals surface area contributed by atoms with E-state index in [9.17, 15) is 10.2 Å². The van der Waals surface area contributed by atoms with Crippen LogP contribution in [0.4, 0.5) is 0 Å². The maximum absolute atomic E-state index is 9.93. The highest BCUT2D eigenvalue weighted by Crippen LogP contribution is 2.21. The molecule has 1 aromatic carbocycles. The second kappa shape index (κ2) is 4.85. The predicted molar refractivity (Wildman–Crippen MR) is 63.4 cm³/mol. The Kier molecular flexibility index (Phi) is 3.46. The number of rotatable bonds is 2. The van der Waals surface area contributed by atoms with Gasteiger partial charge in [0.2, 0.25) is 0 Å². The molecular formula is C13H19NO2. The van der Waals surface area contributed by atoms with Gasteiger partial charge in [-0.25, -0.2) is 0 Å². The quantitative estimate of drug-likeness (QED) is 0.790. The topological polar surface area (TPSA) is 43.7 Å². The number of aliphatic hydroxyl groups excluding tert-OH is 1. The molecule has 1 saturated heterocycles. The molecule has 0 bridgehead atoms. The first-order valence-corrected chi connectivity index (χ1v) is 5.79. The van der Waals surface area contributed by atoms with Crippen LogP contribution in [-0.2, 0) is 6.42 Å². The van der Waals surface area contributed by atoms with E-state index in [4.69, 9.17) is 0 Å². The van der Waals surface area contributed by atoms with Crippen LogP contribution in [0.15, 0.2) is 24.3 Å². The van der Waals surface area contributed by atoms with Crippen LogP contribution in [0.25, 0.3) is 0 Å². The van der Waals surface area contributed by atoms with Gasteiger partial charge in [-0.2, -0.15) is 0 Å². The number of hydrogen-bond acceptors (Lipinski definition) is 3. The molecule has 2 N–H and O–H groups in total. The summed E-state index contributed by atoms with van der Waals surface area (Å²) >= 11 is 0. The van der Waals surface area contributed by atoms with Gasteiger partial charge < -0.3 is 15.1 Å². The maximum Gasteiger partial charge on any atom is 0.115 e. The van der Waals surface area contributed by atoms with Crippen molar-refractivity contribution in [3.63, 3.8) is 0 Å². The van der Waals surface area contributed by atoms with E-state index in [1.165, 1.54) is 5.56 Å². The Balaban J connectivity index is 2.00. The second-order valence-electron chi connectivity index (χ2n) is 4.75. The Morgan fingerprint density at radius 2 is 2.00 bits per heavy atom. The van der Waals surface area contributed by atoms with Crippen molar-refractivity contribution >= 4 is 0 Å². The molecule has 2 atom stereocenters. The predicted octanol–water partition coefficient (Wildman–Crippen LogP) is 1.25. The molecule has 1 heterocycles. The van der Waals surface area contributed by atoms with Gasteiger partial charge >= 0.3 is 0 Å². The highest BCUT2D eigenvalue weighted by Gasteiger charge is 2.25. The van der Waals surface area contributed by atoms with E-state index in [1.54, 1.807) is 12.1 Å². The second-order valence-corrected chi connectivity index (χ2v) is 4.75. The third-order valence-electron chi connectivity index (χ3n) is 3.33. The van der Waals surface area contributed by atoms with E-state index in [2.05, 4.69) is 11.9 Å². The average molecular weight is 221 g/mol. The molecule has 0 amide bonds. The van der Waals surface area contributed by atoms with Gasteiger partial charge in [0.25, 0.3) is 0 Å². The number of benzene rings is 1. The SMILES string of the molecule is CN1CCC(O)C(Cc2ccc(O)cc2)C1. The summed E-state index contributed by atoms with van der Waals surface area (Å²) in [6.07, 6.45) is 1.55. The van der Waals surface area contributed by atoms with Crippen LogP contribution >= 0.6 is 0 Å². The van der Waals surface area contributed by atoms with Gasteiger partial charge in [0, 0.05) is 19.0 Å². The molecule has 2 unspecified atom stereocenters. The number of hydrogen-bond donors (Lipinski definition) is 2. The Morgan fingerprint density at radius 3 is 2.69 bits per heavy atom. The smallest absolute Gasteiger partial charge is 0.115 e. The third-order valence-corrected chi connectivity index (χ3v) is 3.33. The summed E-state index contributed by atoms with van der Waals surface area (Å²) in [5.74, 6) is 0.605. The van der Waals surface area contributed by atoms with Crippen molar-refractivity contribution in [2.24, 2.45) is 5.92 Å². The van der Waals surface area contributed by atoms with Crippen molar-refractivity contribution in [2.75, 3.05) is 20.1 Å². The third kappa shape index (κ3) is 2.74. The Labute approximate surface area is 96.3 Å². The Bertz CT molecular complexity index is 336. The molecule has 2 rings (SSSR count). The number of likely N-dealkylation sites (tertiary alicyclic amines) is 1. The summed E-state index contributed by atoms with van der Waals surface area (Å²) in [5, 5.41) is 19.1. The van der Waals surface area contributed by atoms with Gasteiger partial charge in [-0.3, -0.25) is 0 Å². The van der Waals surface area contributed by atoms with E-state index >= 15 is 0 Å². The van der Waals surface area contributed by atoms with Crippen molar-refractivity contribution in [1.29, 1.82) is 0 Å². The zero-order valence-electron chi connectivity index (χ0n) is 9.63. The lowest BCUT2D eigenvalue weighted by Gasteiger charge is -2.34. The first-order valence-electron chi connectivity index (χ1n) is 5.79. The van der Waals surface area contributed by atoms with E-state index in [-0.39, 0.29) is 6.10 Å². The number of aliphatic hydroxyl groups is 1. The molecule has 3 heteroatoms. The summed E-state index contributed by atoms with van der Waals surface area (Å²) < 4.78 is 0. The Hall–Kier alpha value is -1.06. The normalized spacial score (nSPS) is 26.9. The van der Waals surface area contributed by atoms with Gasteiger partial charge in [-0.05, 0) is 37.6 Å². The fraction of sp³-hybridized carbons (Fsp3) is 0.538. The minimum atomic E-state index is -0.190. The van der Waals surface area contributed by atoms with E-state index in [1.807, 2.05) is 12.1 Å². The van der Waals surface area contributed by atoms with Gasteiger partial charge in [-0.1, -0.05) is 12.1 Å². The van der Waals surface area contributed by atoms with Crippen LogP contribution in [0.2, 0.25) is 0 Å². The highest BCUT2D eigenvalue weighted by molar-refractivity contribution is 5.26. The first kappa shape index (κ1) is 11.4. The van der Waals surface area contributed by atoms with Crippen LogP contribution in [0.5, 0.6) is 5.75 Å². The van der Waals surface area contributed by atoms with Crippen LogP contribution in [0.1, 0.15) is 12.0 Å². The van der Waals surface area contributed by atoms with Crippen molar-refractivity contribution in [3.05, 3.63) is 29.8 Å². The van der Waals surface area contributed by atoms with Crippen LogP contribution < -0.4 is 0 Å². The first-order chi connectivity index (χ1) is 7.65. The number of aromatic hydroxyl groups is 1. The number of nitrogens with zero attached hydrogens (tertiary/aromatic N) is 1.